The number of nitrogens with zero attached hydrogens (tertiary/aromatic N) is 2. The molecule has 28 heavy (non-hydrogen) atoms. The second-order valence-electron chi connectivity index (χ2n) is 6.73. The summed E-state index contributed by atoms with van der Waals surface area (Å²) in [6.45, 7) is 4.66. The van der Waals surface area contributed by atoms with Gasteiger partial charge in [-0.25, -0.2) is 12.7 Å². The van der Waals surface area contributed by atoms with Gasteiger partial charge in [0.15, 0.2) is 0 Å². The first-order valence-electron chi connectivity index (χ1n) is 9.21. The van der Waals surface area contributed by atoms with Crippen LogP contribution in [0.15, 0.2) is 59.5 Å². The molecule has 0 saturated heterocycles. The van der Waals surface area contributed by atoms with Crippen molar-refractivity contribution in [3.63, 3.8) is 0 Å². The van der Waals surface area contributed by atoms with E-state index in [0.717, 1.165) is 11.1 Å². The molecule has 2 aromatic rings. The third kappa shape index (κ3) is 5.64. The first-order chi connectivity index (χ1) is 13.3. The van der Waals surface area contributed by atoms with E-state index in [1.54, 1.807) is 25.1 Å². The minimum absolute atomic E-state index is 0.0419. The molecule has 6 nitrogen and oxygen atoms in total. The molecular formula is C21H28N2O4S. The highest BCUT2D eigenvalue weighted by molar-refractivity contribution is 7.89. The number of carbonyl (C=O) groups is 1. The van der Waals surface area contributed by atoms with Crippen LogP contribution in [0.1, 0.15) is 31.0 Å². The second kappa shape index (κ2) is 9.82. The number of carbonyl (C=O) groups excluding carboxylic acids is 1. The normalized spacial score (nSPS) is 12.9. The molecule has 1 atom stereocenters. The maximum atomic E-state index is 12.4. The second-order valence-corrected chi connectivity index (χ2v) is 8.88. The van der Waals surface area contributed by atoms with Gasteiger partial charge in [0.1, 0.15) is 0 Å². The fourth-order valence-electron chi connectivity index (χ4n) is 2.89. The maximum Gasteiger partial charge on any atom is 0.320 e. The van der Waals surface area contributed by atoms with Crippen molar-refractivity contribution < 1.29 is 17.9 Å². The Morgan fingerprint density at radius 1 is 1.07 bits per heavy atom. The van der Waals surface area contributed by atoms with Crippen molar-refractivity contribution in [1.29, 1.82) is 0 Å². The monoisotopic (exact) mass is 404 g/mol. The standard InChI is InChI=1S/C21H28N2O4S/c1-5-27-21(24)16-23(17(2)19-11-7-6-8-12-19)15-18-10-9-13-20(14-18)28(25,26)22(3)4/h6-14,17H,5,15-16H2,1-4H3/t17-/m0/s1. The quantitative estimate of drug-likeness (QED) is 0.601. The fraction of sp³-hybridized carbons (Fsp3) is 0.381. The van der Waals surface area contributed by atoms with Gasteiger partial charge in [-0.05, 0) is 37.1 Å². The van der Waals surface area contributed by atoms with Gasteiger partial charge in [-0.2, -0.15) is 0 Å². The summed E-state index contributed by atoms with van der Waals surface area (Å²) in [5.41, 5.74) is 1.89. The van der Waals surface area contributed by atoms with Crippen molar-refractivity contribution in [3.8, 4) is 0 Å². The lowest BCUT2D eigenvalue weighted by molar-refractivity contribution is -0.145. The number of esters is 1. The van der Waals surface area contributed by atoms with Crippen LogP contribution in [0.4, 0.5) is 0 Å². The van der Waals surface area contributed by atoms with E-state index in [2.05, 4.69) is 0 Å². The Labute approximate surface area is 167 Å². The molecule has 2 aromatic carbocycles. The molecule has 0 spiro atoms. The van der Waals surface area contributed by atoms with E-state index in [1.807, 2.05) is 48.2 Å². The Hall–Kier alpha value is -2.22. The summed E-state index contributed by atoms with van der Waals surface area (Å²) in [6, 6.07) is 16.7. The molecule has 0 aliphatic rings. The average Bonchev–Trinajstić information content (AvgIpc) is 2.68. The third-order valence-electron chi connectivity index (χ3n) is 4.53. The molecule has 7 heteroatoms. The molecule has 0 aliphatic heterocycles. The Balaban J connectivity index is 2.31. The van der Waals surface area contributed by atoms with Crippen molar-refractivity contribution in [1.82, 2.24) is 9.21 Å². The van der Waals surface area contributed by atoms with Crippen LogP contribution in [0.3, 0.4) is 0 Å². The molecule has 0 bridgehead atoms. The topological polar surface area (TPSA) is 66.9 Å². The lowest BCUT2D eigenvalue weighted by Gasteiger charge is -2.29. The summed E-state index contributed by atoms with van der Waals surface area (Å²) in [4.78, 5) is 14.3. The van der Waals surface area contributed by atoms with E-state index < -0.39 is 10.0 Å². The smallest absolute Gasteiger partial charge is 0.320 e. The van der Waals surface area contributed by atoms with Crippen molar-refractivity contribution in [2.75, 3.05) is 27.2 Å². The van der Waals surface area contributed by atoms with Gasteiger partial charge in [-0.15, -0.1) is 0 Å². The SMILES string of the molecule is CCOC(=O)CN(Cc1cccc(S(=O)(=O)N(C)C)c1)[C@@H](C)c1ccccc1. The predicted octanol–water partition coefficient (Wildman–Crippen LogP) is 3.06. The van der Waals surface area contributed by atoms with E-state index in [0.29, 0.717) is 13.2 Å². The van der Waals surface area contributed by atoms with Crippen LogP contribution in [0.2, 0.25) is 0 Å². The Bertz CT molecular complexity index is 882. The predicted molar refractivity (Wildman–Crippen MR) is 109 cm³/mol. The van der Waals surface area contributed by atoms with Crippen LogP contribution in [-0.2, 0) is 26.1 Å². The van der Waals surface area contributed by atoms with E-state index in [1.165, 1.54) is 18.4 Å². The highest BCUT2D eigenvalue weighted by Crippen LogP contribution is 2.23. The molecule has 0 amide bonds. The minimum Gasteiger partial charge on any atom is -0.465 e. The van der Waals surface area contributed by atoms with E-state index in [-0.39, 0.29) is 23.5 Å². The lowest BCUT2D eigenvalue weighted by atomic mass is 10.1. The van der Waals surface area contributed by atoms with E-state index >= 15 is 0 Å². The maximum absolute atomic E-state index is 12.4. The summed E-state index contributed by atoms with van der Waals surface area (Å²) >= 11 is 0. The van der Waals surface area contributed by atoms with Crippen molar-refractivity contribution in [3.05, 3.63) is 65.7 Å². The number of sulfonamides is 1. The number of ether oxygens (including phenoxy) is 1. The van der Waals surface area contributed by atoms with Gasteiger partial charge in [-0.1, -0.05) is 42.5 Å². The fourth-order valence-corrected chi connectivity index (χ4v) is 3.87. The number of hydrogen-bond acceptors (Lipinski definition) is 5. The first kappa shape index (κ1) is 22.1. The van der Waals surface area contributed by atoms with Gasteiger partial charge in [-0.3, -0.25) is 9.69 Å². The van der Waals surface area contributed by atoms with E-state index in [4.69, 9.17) is 4.74 Å². The van der Waals surface area contributed by atoms with Crippen molar-refractivity contribution >= 4 is 16.0 Å². The Kier molecular flexibility index (Phi) is 7.74. The zero-order valence-electron chi connectivity index (χ0n) is 16.8. The molecule has 0 aliphatic carbocycles. The van der Waals surface area contributed by atoms with Crippen LogP contribution in [-0.4, -0.2) is 50.8 Å². The van der Waals surface area contributed by atoms with E-state index in [9.17, 15) is 13.2 Å². The molecule has 0 N–H and O–H groups in total. The average molecular weight is 405 g/mol. The van der Waals surface area contributed by atoms with Gasteiger partial charge in [0, 0.05) is 26.7 Å². The molecule has 152 valence electrons. The highest BCUT2D eigenvalue weighted by Gasteiger charge is 2.22. The zero-order valence-corrected chi connectivity index (χ0v) is 17.6. The van der Waals surface area contributed by atoms with Gasteiger partial charge in [0.25, 0.3) is 0 Å². The molecule has 0 fully saturated rings. The van der Waals surface area contributed by atoms with Gasteiger partial charge in [0.05, 0.1) is 18.0 Å². The summed E-state index contributed by atoms with van der Waals surface area (Å²) in [5.74, 6) is -0.303. The summed E-state index contributed by atoms with van der Waals surface area (Å²) < 4.78 is 31.2. The minimum atomic E-state index is -3.52. The molecule has 2 rings (SSSR count). The van der Waals surface area contributed by atoms with Crippen molar-refractivity contribution in [2.45, 2.75) is 31.3 Å². The largest absolute Gasteiger partial charge is 0.465 e. The van der Waals surface area contributed by atoms with Crippen LogP contribution in [0.25, 0.3) is 0 Å². The molecule has 0 heterocycles. The lowest BCUT2D eigenvalue weighted by Crippen LogP contribution is -2.33. The van der Waals surface area contributed by atoms with Gasteiger partial charge in [0.2, 0.25) is 10.0 Å². The van der Waals surface area contributed by atoms with Crippen LogP contribution in [0.5, 0.6) is 0 Å². The zero-order chi connectivity index (χ0) is 20.7. The molecule has 0 radical (unpaired) electrons. The molecule has 0 unspecified atom stereocenters. The Morgan fingerprint density at radius 3 is 2.36 bits per heavy atom. The number of hydrogen-bond donors (Lipinski definition) is 0. The summed E-state index contributed by atoms with van der Waals surface area (Å²) in [7, 11) is -0.503. The summed E-state index contributed by atoms with van der Waals surface area (Å²) in [5, 5.41) is 0. The molecule has 0 saturated carbocycles. The number of rotatable bonds is 9. The van der Waals surface area contributed by atoms with Crippen LogP contribution < -0.4 is 0 Å². The first-order valence-corrected chi connectivity index (χ1v) is 10.7. The van der Waals surface area contributed by atoms with Crippen LogP contribution >= 0.6 is 0 Å². The van der Waals surface area contributed by atoms with Gasteiger partial charge < -0.3 is 4.74 Å². The van der Waals surface area contributed by atoms with Gasteiger partial charge >= 0.3 is 5.97 Å². The molecular weight excluding hydrogens is 376 g/mol. The van der Waals surface area contributed by atoms with Crippen molar-refractivity contribution in [2.24, 2.45) is 0 Å². The molecule has 0 aromatic heterocycles. The third-order valence-corrected chi connectivity index (χ3v) is 6.34. The number of benzene rings is 2. The highest BCUT2D eigenvalue weighted by atomic mass is 32.2. The van der Waals surface area contributed by atoms with Crippen LogP contribution in [0, 0.1) is 0 Å². The Morgan fingerprint density at radius 2 is 1.75 bits per heavy atom. The summed E-state index contributed by atoms with van der Waals surface area (Å²) in [6.07, 6.45) is 0.